The van der Waals surface area contributed by atoms with Gasteiger partial charge in [-0.2, -0.15) is 0 Å². The first kappa shape index (κ1) is 18.8. The van der Waals surface area contributed by atoms with Crippen molar-refractivity contribution in [1.82, 2.24) is 0 Å². The number of aliphatic hydroxyl groups is 2. The molecule has 0 aromatic carbocycles. The minimum absolute atomic E-state index is 0.0361. The van der Waals surface area contributed by atoms with Crippen LogP contribution < -0.4 is 0 Å². The van der Waals surface area contributed by atoms with Gasteiger partial charge in [0.05, 0.1) is 10.5 Å². The Morgan fingerprint density at radius 2 is 2.08 bits per heavy atom. The fourth-order valence-electron chi connectivity index (χ4n) is 6.90. The van der Waals surface area contributed by atoms with Crippen molar-refractivity contribution < 1.29 is 19.8 Å². The molecule has 4 aliphatic carbocycles. The number of hydrogen-bond acceptors (Lipinski definition) is 4. The quantitative estimate of drug-likeness (QED) is 0.481. The van der Waals surface area contributed by atoms with Gasteiger partial charge in [-0.25, -0.2) is 0 Å². The van der Waals surface area contributed by atoms with Crippen molar-refractivity contribution in [3.8, 4) is 0 Å². The number of ketones is 2. The second kappa shape index (κ2) is 5.98. The SMILES string of the molecule is CC12C=CC(=O)C=C1CCC1C2C(O)CC2(C)C1CCC2(O)C(=O)CI. The average Bonchev–Trinajstić information content (AvgIpc) is 2.86. The summed E-state index contributed by atoms with van der Waals surface area (Å²) in [4.78, 5) is 24.4. The molecule has 5 heteroatoms. The van der Waals surface area contributed by atoms with Gasteiger partial charge in [-0.1, -0.05) is 48.1 Å². The third-order valence-electron chi connectivity index (χ3n) is 8.23. The number of hydrogen-bond donors (Lipinski definition) is 2. The molecular formula is C21H27IO4. The van der Waals surface area contributed by atoms with Crippen molar-refractivity contribution in [3.63, 3.8) is 0 Å². The molecule has 0 amide bonds. The Labute approximate surface area is 168 Å². The first-order valence-electron chi connectivity index (χ1n) is 9.61. The molecule has 7 atom stereocenters. The lowest BCUT2D eigenvalue weighted by Crippen LogP contribution is -2.61. The number of Topliss-reactive ketones (excluding diaryl/α,β-unsaturated/α-hetero) is 1. The van der Waals surface area contributed by atoms with Crippen LogP contribution >= 0.6 is 22.6 Å². The molecule has 4 rings (SSSR count). The smallest absolute Gasteiger partial charge is 0.178 e. The fraction of sp³-hybridized carbons (Fsp3) is 0.714. The number of carbonyl (C=O) groups excluding carboxylic acids is 2. The predicted molar refractivity (Wildman–Crippen MR) is 107 cm³/mol. The van der Waals surface area contributed by atoms with Gasteiger partial charge in [-0.3, -0.25) is 9.59 Å². The van der Waals surface area contributed by atoms with Crippen LogP contribution in [0.5, 0.6) is 0 Å². The summed E-state index contributed by atoms with van der Waals surface area (Å²) in [5.41, 5.74) is -1.06. The van der Waals surface area contributed by atoms with E-state index in [4.69, 9.17) is 0 Å². The summed E-state index contributed by atoms with van der Waals surface area (Å²) >= 11 is 2.03. The summed E-state index contributed by atoms with van der Waals surface area (Å²) in [5, 5.41) is 22.5. The second-order valence-electron chi connectivity index (χ2n) is 9.17. The summed E-state index contributed by atoms with van der Waals surface area (Å²) < 4.78 is 0.302. The normalized spacial score (nSPS) is 49.9. The highest BCUT2D eigenvalue weighted by Crippen LogP contribution is 2.67. The highest BCUT2D eigenvalue weighted by atomic mass is 127. The van der Waals surface area contributed by atoms with Gasteiger partial charge in [0.2, 0.25) is 0 Å². The molecule has 0 aliphatic heterocycles. The molecule has 0 aromatic heterocycles. The first-order chi connectivity index (χ1) is 12.2. The van der Waals surface area contributed by atoms with Crippen LogP contribution in [0.2, 0.25) is 0 Å². The standard InChI is InChI=1S/C21H27IO4/c1-19-7-5-13(23)9-12(19)3-4-14-15-6-8-21(26,17(25)11-22)20(15,2)10-16(24)18(14)19/h5,7,9,14-16,18,24,26H,3-4,6,8,10-11H2,1-2H3. The number of fused-ring (bicyclic) bond motifs is 5. The molecule has 2 N–H and O–H groups in total. The fourth-order valence-corrected chi connectivity index (χ4v) is 7.53. The van der Waals surface area contributed by atoms with E-state index in [9.17, 15) is 19.8 Å². The third-order valence-corrected chi connectivity index (χ3v) is 8.92. The van der Waals surface area contributed by atoms with Crippen molar-refractivity contribution in [1.29, 1.82) is 0 Å². The van der Waals surface area contributed by atoms with Crippen LogP contribution in [0.4, 0.5) is 0 Å². The summed E-state index contributed by atoms with van der Waals surface area (Å²) in [6, 6.07) is 0. The van der Waals surface area contributed by atoms with Gasteiger partial charge in [0.1, 0.15) is 5.60 Å². The number of halogens is 1. The molecule has 0 heterocycles. The molecule has 142 valence electrons. The van der Waals surface area contributed by atoms with E-state index in [-0.39, 0.29) is 34.7 Å². The summed E-state index contributed by atoms with van der Waals surface area (Å²) in [7, 11) is 0. The van der Waals surface area contributed by atoms with Gasteiger partial charge in [0, 0.05) is 16.7 Å². The number of rotatable bonds is 2. The van der Waals surface area contributed by atoms with E-state index in [1.165, 1.54) is 0 Å². The molecule has 4 nitrogen and oxygen atoms in total. The van der Waals surface area contributed by atoms with Gasteiger partial charge >= 0.3 is 0 Å². The molecule has 0 aromatic rings. The number of alkyl halides is 1. The first-order valence-corrected chi connectivity index (χ1v) is 11.1. The van der Waals surface area contributed by atoms with Gasteiger partial charge in [-0.15, -0.1) is 0 Å². The van der Waals surface area contributed by atoms with Gasteiger partial charge in [0.25, 0.3) is 0 Å². The summed E-state index contributed by atoms with van der Waals surface area (Å²) in [5.74, 6) is 0.479. The topological polar surface area (TPSA) is 74.6 Å². The van der Waals surface area contributed by atoms with E-state index in [0.29, 0.717) is 17.3 Å². The maximum absolute atomic E-state index is 12.6. The Kier molecular flexibility index (Phi) is 4.33. The summed E-state index contributed by atoms with van der Waals surface area (Å²) in [6.45, 7) is 4.16. The van der Waals surface area contributed by atoms with E-state index < -0.39 is 17.1 Å². The zero-order chi connectivity index (χ0) is 18.9. The van der Waals surface area contributed by atoms with Crippen LogP contribution in [0, 0.1) is 28.6 Å². The molecule has 7 unspecified atom stereocenters. The Bertz CT molecular complexity index is 728. The monoisotopic (exact) mass is 470 g/mol. The lowest BCUT2D eigenvalue weighted by molar-refractivity contribution is -0.174. The number of aliphatic hydroxyl groups excluding tert-OH is 1. The van der Waals surface area contributed by atoms with E-state index >= 15 is 0 Å². The molecule has 26 heavy (non-hydrogen) atoms. The number of allylic oxidation sites excluding steroid dienone is 4. The van der Waals surface area contributed by atoms with Crippen LogP contribution in [0.1, 0.15) is 46.0 Å². The Morgan fingerprint density at radius 1 is 1.35 bits per heavy atom. The molecular weight excluding hydrogens is 443 g/mol. The maximum atomic E-state index is 12.6. The highest BCUT2D eigenvalue weighted by molar-refractivity contribution is 14.1. The van der Waals surface area contributed by atoms with Crippen molar-refractivity contribution in [2.75, 3.05) is 4.43 Å². The third kappa shape index (κ3) is 2.26. The number of carbonyl (C=O) groups is 2. The average molecular weight is 470 g/mol. The molecule has 0 saturated heterocycles. The van der Waals surface area contributed by atoms with Crippen LogP contribution in [-0.2, 0) is 9.59 Å². The zero-order valence-corrected chi connectivity index (χ0v) is 17.5. The van der Waals surface area contributed by atoms with Crippen molar-refractivity contribution in [2.24, 2.45) is 28.6 Å². The van der Waals surface area contributed by atoms with E-state index in [2.05, 4.69) is 6.92 Å². The maximum Gasteiger partial charge on any atom is 0.178 e. The molecule has 0 radical (unpaired) electrons. The summed E-state index contributed by atoms with van der Waals surface area (Å²) in [6.07, 6.45) is 8.34. The van der Waals surface area contributed by atoms with Gasteiger partial charge in [-0.05, 0) is 56.1 Å². The molecule has 0 bridgehead atoms. The molecule has 3 saturated carbocycles. The van der Waals surface area contributed by atoms with Crippen LogP contribution in [-0.4, -0.2) is 37.9 Å². The lowest BCUT2D eigenvalue weighted by atomic mass is 9.46. The van der Waals surface area contributed by atoms with E-state index in [1.54, 1.807) is 12.2 Å². The Balaban J connectivity index is 1.75. The van der Waals surface area contributed by atoms with Crippen LogP contribution in [0.25, 0.3) is 0 Å². The van der Waals surface area contributed by atoms with Gasteiger partial charge < -0.3 is 10.2 Å². The minimum Gasteiger partial charge on any atom is -0.393 e. The van der Waals surface area contributed by atoms with Crippen LogP contribution in [0.3, 0.4) is 0 Å². The van der Waals surface area contributed by atoms with Gasteiger partial charge in [0.15, 0.2) is 11.6 Å². The Hall–Kier alpha value is -0.530. The van der Waals surface area contributed by atoms with E-state index in [1.807, 2.05) is 35.6 Å². The van der Waals surface area contributed by atoms with E-state index in [0.717, 1.165) is 24.8 Å². The van der Waals surface area contributed by atoms with Crippen molar-refractivity contribution >= 4 is 34.2 Å². The lowest BCUT2D eigenvalue weighted by Gasteiger charge is -2.59. The van der Waals surface area contributed by atoms with Crippen LogP contribution in [0.15, 0.2) is 23.8 Å². The van der Waals surface area contributed by atoms with Crippen molar-refractivity contribution in [3.05, 3.63) is 23.8 Å². The largest absolute Gasteiger partial charge is 0.393 e. The highest BCUT2D eigenvalue weighted by Gasteiger charge is 2.67. The molecule has 0 spiro atoms. The van der Waals surface area contributed by atoms with Crippen molar-refractivity contribution in [2.45, 2.75) is 57.7 Å². The molecule has 4 aliphatic rings. The zero-order valence-electron chi connectivity index (χ0n) is 15.4. The Morgan fingerprint density at radius 3 is 2.77 bits per heavy atom. The molecule has 3 fully saturated rings. The second-order valence-corrected chi connectivity index (χ2v) is 9.93. The minimum atomic E-state index is -1.32. The predicted octanol–water partition coefficient (Wildman–Crippen LogP) is 3.00.